The fraction of sp³-hybridized carbons (Fsp3) is 0.342. The average Bonchev–Trinajstić information content (AvgIpc) is 3.82. The Kier molecular flexibility index (Phi) is 6.08. The summed E-state index contributed by atoms with van der Waals surface area (Å²) in [5.41, 5.74) is 12.8. The predicted molar refractivity (Wildman–Crippen MR) is 173 cm³/mol. The van der Waals surface area contributed by atoms with Crippen molar-refractivity contribution in [2.24, 2.45) is 14.1 Å². The number of aromatic amines is 3. The van der Waals surface area contributed by atoms with E-state index in [4.69, 9.17) is 0 Å². The molecule has 7 rings (SSSR count). The summed E-state index contributed by atoms with van der Waals surface area (Å²) in [5, 5.41) is 3.94. The molecule has 4 N–H and O–H groups in total. The monoisotopic (exact) mass is 584 g/mol. The molecule has 5 aromatic heterocycles. The van der Waals surface area contributed by atoms with Crippen molar-refractivity contribution in [1.29, 1.82) is 0 Å². The number of aryl methyl sites for hydroxylation is 2. The molecule has 0 spiro atoms. The van der Waals surface area contributed by atoms with Gasteiger partial charge in [-0.2, -0.15) is 0 Å². The van der Waals surface area contributed by atoms with Crippen LogP contribution in [0.5, 0.6) is 0 Å². The molecule has 0 fully saturated rings. The van der Waals surface area contributed by atoms with Gasteiger partial charge in [-0.05, 0) is 95.1 Å². The van der Waals surface area contributed by atoms with Gasteiger partial charge in [0.05, 0.1) is 28.0 Å². The minimum Gasteiger partial charge on any atom is -0.373 e. The SMILES string of the molecule is C[n+]1ccc(C2(C)c3ccc([nH]3)C(C)(C)C3=C=CC(N3)C(C)(c3cc[n+](C)cc3)c3ccc([nH]3)C(C)(C)c3ccc2[nH]3)cc1. The Morgan fingerprint density at radius 3 is 1.52 bits per heavy atom. The Morgan fingerprint density at radius 1 is 0.545 bits per heavy atom. The summed E-state index contributed by atoms with van der Waals surface area (Å²) >= 11 is 0. The average molecular weight is 585 g/mol. The Balaban J connectivity index is 1.46. The van der Waals surface area contributed by atoms with Gasteiger partial charge in [0.2, 0.25) is 0 Å². The van der Waals surface area contributed by atoms with Crippen molar-refractivity contribution in [2.75, 3.05) is 0 Å². The zero-order chi connectivity index (χ0) is 31.1. The second kappa shape index (κ2) is 9.48. The normalized spacial score (nSPS) is 25.0. The van der Waals surface area contributed by atoms with E-state index in [-0.39, 0.29) is 22.3 Å². The van der Waals surface area contributed by atoms with Gasteiger partial charge in [-0.1, -0.05) is 0 Å². The number of H-pyrrole nitrogens is 3. The van der Waals surface area contributed by atoms with Crippen LogP contribution in [0.2, 0.25) is 0 Å². The fourth-order valence-electron chi connectivity index (χ4n) is 7.16. The van der Waals surface area contributed by atoms with Crippen molar-refractivity contribution in [3.63, 3.8) is 0 Å². The van der Waals surface area contributed by atoms with Gasteiger partial charge in [0.15, 0.2) is 24.8 Å². The van der Waals surface area contributed by atoms with Crippen LogP contribution in [0.4, 0.5) is 0 Å². The highest BCUT2D eigenvalue weighted by atomic mass is 15.0. The Morgan fingerprint density at radius 2 is 0.977 bits per heavy atom. The predicted octanol–water partition coefficient (Wildman–Crippen LogP) is 5.61. The number of hydrogen-bond acceptors (Lipinski definition) is 1. The van der Waals surface area contributed by atoms with Gasteiger partial charge < -0.3 is 20.3 Å². The first kappa shape index (κ1) is 28.2. The molecule has 2 aliphatic heterocycles. The van der Waals surface area contributed by atoms with Crippen molar-refractivity contribution in [3.05, 3.63) is 148 Å². The van der Waals surface area contributed by atoms with Crippen LogP contribution in [-0.4, -0.2) is 21.0 Å². The molecule has 6 heteroatoms. The van der Waals surface area contributed by atoms with Crippen LogP contribution in [0, 0.1) is 0 Å². The fourth-order valence-corrected chi connectivity index (χ4v) is 7.16. The number of aromatic nitrogens is 5. The zero-order valence-corrected chi connectivity index (χ0v) is 27.1. The van der Waals surface area contributed by atoms with Gasteiger partial charge in [0.25, 0.3) is 0 Å². The first-order chi connectivity index (χ1) is 20.8. The van der Waals surface area contributed by atoms with E-state index in [0.717, 1.165) is 22.8 Å². The molecule has 6 nitrogen and oxygen atoms in total. The van der Waals surface area contributed by atoms with E-state index in [1.54, 1.807) is 0 Å². The summed E-state index contributed by atoms with van der Waals surface area (Å²) in [6, 6.07) is 22.5. The van der Waals surface area contributed by atoms with Crippen molar-refractivity contribution in [2.45, 2.75) is 69.2 Å². The molecule has 0 aliphatic carbocycles. The number of hydrogen-bond donors (Lipinski definition) is 4. The molecular weight excluding hydrogens is 540 g/mol. The minimum absolute atomic E-state index is 0.00819. The molecule has 3 atom stereocenters. The molecule has 224 valence electrons. The Hall–Kier alpha value is -4.54. The molecule has 5 aromatic rings. The molecule has 0 saturated heterocycles. The largest absolute Gasteiger partial charge is 0.373 e. The molecular formula is C38H44N6+2. The molecule has 0 radical (unpaired) electrons. The lowest BCUT2D eigenvalue weighted by Crippen LogP contribution is -2.47. The summed E-state index contributed by atoms with van der Waals surface area (Å²) in [6.07, 6.45) is 10.7. The second-order valence-corrected chi connectivity index (χ2v) is 14.2. The topological polar surface area (TPSA) is 67.2 Å². The molecule has 0 amide bonds. The maximum atomic E-state index is 3.94. The minimum atomic E-state index is -0.424. The van der Waals surface area contributed by atoms with E-state index in [2.05, 4.69) is 182 Å². The van der Waals surface area contributed by atoms with Crippen molar-refractivity contribution >= 4 is 0 Å². The van der Waals surface area contributed by atoms with Gasteiger partial charge in [-0.15, -0.1) is 5.73 Å². The third-order valence-electron chi connectivity index (χ3n) is 10.8. The third-order valence-corrected chi connectivity index (χ3v) is 10.8. The number of pyridine rings is 2. The smallest absolute Gasteiger partial charge is 0.168 e. The van der Waals surface area contributed by atoms with E-state index in [9.17, 15) is 0 Å². The lowest BCUT2D eigenvalue weighted by molar-refractivity contribution is -0.671. The maximum Gasteiger partial charge on any atom is 0.168 e. The van der Waals surface area contributed by atoms with Gasteiger partial charge >= 0.3 is 0 Å². The quantitative estimate of drug-likeness (QED) is 0.158. The van der Waals surface area contributed by atoms with E-state index >= 15 is 0 Å². The lowest BCUT2D eigenvalue weighted by Gasteiger charge is -2.37. The van der Waals surface area contributed by atoms with Gasteiger partial charge in [0, 0.05) is 63.8 Å². The van der Waals surface area contributed by atoms with Gasteiger partial charge in [0.1, 0.15) is 14.1 Å². The van der Waals surface area contributed by atoms with Crippen molar-refractivity contribution < 1.29 is 9.13 Å². The summed E-state index contributed by atoms with van der Waals surface area (Å²) < 4.78 is 4.17. The third kappa shape index (κ3) is 4.01. The molecule has 8 bridgehead atoms. The number of fused-ring (bicyclic) bond motifs is 8. The van der Waals surface area contributed by atoms with Gasteiger partial charge in [-0.25, -0.2) is 9.13 Å². The van der Waals surface area contributed by atoms with Crippen LogP contribution in [0.1, 0.15) is 86.8 Å². The number of rotatable bonds is 2. The highest BCUT2D eigenvalue weighted by Crippen LogP contribution is 2.44. The van der Waals surface area contributed by atoms with E-state index < -0.39 is 5.41 Å². The summed E-state index contributed by atoms with van der Waals surface area (Å²) in [6.45, 7) is 13.8. The molecule has 0 saturated carbocycles. The van der Waals surface area contributed by atoms with Crippen LogP contribution in [-0.2, 0) is 35.8 Å². The molecule has 3 unspecified atom stereocenters. The number of nitrogens with one attached hydrogen (secondary N) is 4. The standard InChI is InChI=1S/C38H44N6/c1-35(2)27-9-13-31(39-27)37(5,25-17-21-43(7)22-18-25)33-15-11-29(41-33)36(3,4)30-12-16-34(42-30)38(6,32-14-10-28(35)40-32)26-19-23-44(8)24-20-26/h9-11,13-24,34,39-42H,1-8H3/q+2. The summed E-state index contributed by atoms with van der Waals surface area (Å²) in [4.78, 5) is 11.7. The highest BCUT2D eigenvalue weighted by Gasteiger charge is 2.44. The van der Waals surface area contributed by atoms with Crippen LogP contribution < -0.4 is 14.5 Å². The van der Waals surface area contributed by atoms with Crippen LogP contribution >= 0.6 is 0 Å². The molecule has 2 aliphatic rings. The lowest BCUT2D eigenvalue weighted by atomic mass is 9.73. The van der Waals surface area contributed by atoms with E-state index in [1.165, 1.54) is 28.2 Å². The number of nitrogens with zero attached hydrogens (tertiary/aromatic N) is 2. The summed E-state index contributed by atoms with van der Waals surface area (Å²) in [7, 11) is 4.13. The highest BCUT2D eigenvalue weighted by molar-refractivity contribution is 5.49. The molecule has 7 heterocycles. The molecule has 0 aromatic carbocycles. The Labute approximate surface area is 260 Å². The Bertz CT molecular complexity index is 1920. The second-order valence-electron chi connectivity index (χ2n) is 14.2. The molecule has 44 heavy (non-hydrogen) atoms. The van der Waals surface area contributed by atoms with Gasteiger partial charge in [-0.3, -0.25) is 0 Å². The van der Waals surface area contributed by atoms with Crippen LogP contribution in [0.25, 0.3) is 0 Å². The van der Waals surface area contributed by atoms with E-state index in [1.807, 2.05) is 0 Å². The van der Waals surface area contributed by atoms with Crippen LogP contribution in [0.15, 0.2) is 103 Å². The first-order valence-corrected chi connectivity index (χ1v) is 15.6. The maximum absolute atomic E-state index is 3.94. The first-order valence-electron chi connectivity index (χ1n) is 15.6. The van der Waals surface area contributed by atoms with E-state index in [0.29, 0.717) is 0 Å². The zero-order valence-electron chi connectivity index (χ0n) is 27.1. The van der Waals surface area contributed by atoms with Crippen LogP contribution in [0.3, 0.4) is 0 Å². The van der Waals surface area contributed by atoms with Crippen molar-refractivity contribution in [1.82, 2.24) is 20.3 Å². The van der Waals surface area contributed by atoms with Crippen molar-refractivity contribution in [3.8, 4) is 0 Å². The summed E-state index contributed by atoms with van der Waals surface area (Å²) in [5.74, 6) is 0.